The first-order valence-electron chi connectivity index (χ1n) is 4.53. The van der Waals surface area contributed by atoms with Gasteiger partial charge in [-0.25, -0.2) is 0 Å². The van der Waals surface area contributed by atoms with E-state index >= 15 is 0 Å². The Bertz CT molecular complexity index is 453. The lowest BCUT2D eigenvalue weighted by Crippen LogP contribution is -1.86. The SMILES string of the molecule is Nc1ccc(Oc2cccc(I)c2)cc1. The second-order valence-corrected chi connectivity index (χ2v) is 4.37. The van der Waals surface area contributed by atoms with Gasteiger partial charge in [-0.15, -0.1) is 0 Å². The van der Waals surface area contributed by atoms with E-state index in [0.717, 1.165) is 20.8 Å². The van der Waals surface area contributed by atoms with Crippen LogP contribution >= 0.6 is 22.6 Å². The van der Waals surface area contributed by atoms with Crippen LogP contribution in [0.25, 0.3) is 0 Å². The Labute approximate surface area is 102 Å². The van der Waals surface area contributed by atoms with Crippen LogP contribution in [-0.4, -0.2) is 0 Å². The predicted molar refractivity (Wildman–Crippen MR) is 70.1 cm³/mol. The second-order valence-electron chi connectivity index (χ2n) is 3.13. The molecule has 76 valence electrons. The molecule has 2 N–H and O–H groups in total. The number of anilines is 1. The average molecular weight is 311 g/mol. The van der Waals surface area contributed by atoms with Crippen molar-refractivity contribution in [3.8, 4) is 11.5 Å². The van der Waals surface area contributed by atoms with Crippen LogP contribution < -0.4 is 10.5 Å². The Hall–Kier alpha value is -1.23. The van der Waals surface area contributed by atoms with E-state index in [-0.39, 0.29) is 0 Å². The van der Waals surface area contributed by atoms with Gasteiger partial charge in [0.25, 0.3) is 0 Å². The van der Waals surface area contributed by atoms with Gasteiger partial charge in [0.2, 0.25) is 0 Å². The van der Waals surface area contributed by atoms with Crippen LogP contribution in [0, 0.1) is 3.57 Å². The maximum Gasteiger partial charge on any atom is 0.128 e. The third kappa shape index (κ3) is 2.86. The molecule has 0 amide bonds. The number of benzene rings is 2. The molecule has 15 heavy (non-hydrogen) atoms. The average Bonchev–Trinajstić information content (AvgIpc) is 2.22. The molecule has 2 aromatic carbocycles. The Kier molecular flexibility index (Phi) is 3.11. The highest BCUT2D eigenvalue weighted by molar-refractivity contribution is 14.1. The van der Waals surface area contributed by atoms with Gasteiger partial charge in [-0.1, -0.05) is 6.07 Å². The summed E-state index contributed by atoms with van der Waals surface area (Å²) in [5.74, 6) is 1.64. The normalized spacial score (nSPS) is 9.93. The van der Waals surface area contributed by atoms with E-state index in [0.29, 0.717) is 0 Å². The first-order chi connectivity index (χ1) is 7.24. The number of halogens is 1. The Morgan fingerprint density at radius 3 is 2.33 bits per heavy atom. The van der Waals surface area contributed by atoms with E-state index in [1.807, 2.05) is 48.5 Å². The quantitative estimate of drug-likeness (QED) is 0.678. The summed E-state index contributed by atoms with van der Waals surface area (Å²) in [6.45, 7) is 0. The highest BCUT2D eigenvalue weighted by atomic mass is 127. The minimum atomic E-state index is 0.741. The molecule has 0 radical (unpaired) electrons. The molecule has 0 aliphatic carbocycles. The van der Waals surface area contributed by atoms with Gasteiger partial charge in [0.05, 0.1) is 0 Å². The van der Waals surface area contributed by atoms with Crippen LogP contribution in [0.1, 0.15) is 0 Å². The van der Waals surface area contributed by atoms with E-state index in [1.54, 1.807) is 0 Å². The number of hydrogen-bond donors (Lipinski definition) is 1. The molecule has 0 atom stereocenters. The molecule has 0 saturated carbocycles. The zero-order chi connectivity index (χ0) is 10.7. The fraction of sp³-hybridized carbons (Fsp3) is 0. The van der Waals surface area contributed by atoms with Gasteiger partial charge in [0.1, 0.15) is 11.5 Å². The second kappa shape index (κ2) is 4.53. The number of hydrogen-bond acceptors (Lipinski definition) is 2. The number of nitrogen functional groups attached to an aromatic ring is 1. The van der Waals surface area contributed by atoms with Crippen LogP contribution in [0.4, 0.5) is 5.69 Å². The smallest absolute Gasteiger partial charge is 0.128 e. The molecular formula is C12H10INO. The van der Waals surface area contributed by atoms with Crippen LogP contribution in [-0.2, 0) is 0 Å². The highest BCUT2D eigenvalue weighted by Gasteiger charge is 1.97. The fourth-order valence-electron chi connectivity index (χ4n) is 1.20. The van der Waals surface area contributed by atoms with Gasteiger partial charge in [0.15, 0.2) is 0 Å². The number of ether oxygens (including phenoxy) is 1. The third-order valence-electron chi connectivity index (χ3n) is 1.91. The van der Waals surface area contributed by atoms with Crippen LogP contribution in [0.3, 0.4) is 0 Å². The molecule has 0 spiro atoms. The van der Waals surface area contributed by atoms with Gasteiger partial charge in [-0.2, -0.15) is 0 Å². The van der Waals surface area contributed by atoms with Crippen molar-refractivity contribution in [2.24, 2.45) is 0 Å². The molecule has 0 aliphatic heterocycles. The lowest BCUT2D eigenvalue weighted by Gasteiger charge is -2.05. The maximum absolute atomic E-state index is 5.65. The number of nitrogens with two attached hydrogens (primary N) is 1. The largest absolute Gasteiger partial charge is 0.457 e. The lowest BCUT2D eigenvalue weighted by atomic mass is 10.3. The molecule has 2 aromatic rings. The topological polar surface area (TPSA) is 35.2 Å². The number of rotatable bonds is 2. The summed E-state index contributed by atoms with van der Waals surface area (Å²) in [7, 11) is 0. The molecule has 2 nitrogen and oxygen atoms in total. The van der Waals surface area contributed by atoms with Gasteiger partial charge in [-0.05, 0) is 65.1 Å². The maximum atomic E-state index is 5.65. The van der Waals surface area contributed by atoms with E-state index in [2.05, 4.69) is 22.6 Å². The Morgan fingerprint density at radius 1 is 0.933 bits per heavy atom. The molecule has 0 unspecified atom stereocenters. The van der Waals surface area contributed by atoms with Crippen molar-refractivity contribution >= 4 is 28.3 Å². The van der Waals surface area contributed by atoms with Gasteiger partial charge < -0.3 is 10.5 Å². The van der Waals surface area contributed by atoms with Crippen LogP contribution in [0.5, 0.6) is 11.5 Å². The summed E-state index contributed by atoms with van der Waals surface area (Å²) in [6, 6.07) is 15.3. The first kappa shape index (κ1) is 10.3. The van der Waals surface area contributed by atoms with Crippen molar-refractivity contribution in [2.45, 2.75) is 0 Å². The monoisotopic (exact) mass is 311 g/mol. The molecule has 2 rings (SSSR count). The van der Waals surface area contributed by atoms with Crippen molar-refractivity contribution in [3.05, 3.63) is 52.1 Å². The summed E-state index contributed by atoms with van der Waals surface area (Å²) < 4.78 is 6.81. The minimum absolute atomic E-state index is 0.741. The van der Waals surface area contributed by atoms with Crippen molar-refractivity contribution in [1.29, 1.82) is 0 Å². The van der Waals surface area contributed by atoms with Gasteiger partial charge in [0, 0.05) is 9.26 Å². The summed E-state index contributed by atoms with van der Waals surface area (Å²) in [6.07, 6.45) is 0. The third-order valence-corrected chi connectivity index (χ3v) is 2.58. The van der Waals surface area contributed by atoms with E-state index < -0.39 is 0 Å². The zero-order valence-electron chi connectivity index (χ0n) is 7.98. The first-order valence-corrected chi connectivity index (χ1v) is 5.61. The van der Waals surface area contributed by atoms with Crippen LogP contribution in [0.2, 0.25) is 0 Å². The van der Waals surface area contributed by atoms with Crippen molar-refractivity contribution in [2.75, 3.05) is 5.73 Å². The highest BCUT2D eigenvalue weighted by Crippen LogP contribution is 2.23. The predicted octanol–water partition coefficient (Wildman–Crippen LogP) is 3.67. The van der Waals surface area contributed by atoms with Crippen molar-refractivity contribution in [1.82, 2.24) is 0 Å². The molecule has 0 saturated heterocycles. The summed E-state index contributed by atoms with van der Waals surface area (Å²) in [5, 5.41) is 0. The molecule has 0 aromatic heterocycles. The standard InChI is InChI=1S/C12H10INO/c13-9-2-1-3-12(8-9)15-11-6-4-10(14)5-7-11/h1-8H,14H2. The minimum Gasteiger partial charge on any atom is -0.457 e. The van der Waals surface area contributed by atoms with E-state index in [4.69, 9.17) is 10.5 Å². The summed E-state index contributed by atoms with van der Waals surface area (Å²) in [5.41, 5.74) is 6.33. The fourth-order valence-corrected chi connectivity index (χ4v) is 1.72. The Balaban J connectivity index is 2.18. The molecule has 0 heterocycles. The van der Waals surface area contributed by atoms with Crippen molar-refractivity contribution < 1.29 is 4.74 Å². The Morgan fingerprint density at radius 2 is 1.67 bits per heavy atom. The van der Waals surface area contributed by atoms with Gasteiger partial charge >= 0.3 is 0 Å². The zero-order valence-corrected chi connectivity index (χ0v) is 10.1. The van der Waals surface area contributed by atoms with E-state index in [1.165, 1.54) is 0 Å². The summed E-state index contributed by atoms with van der Waals surface area (Å²) >= 11 is 2.25. The molecule has 0 bridgehead atoms. The molecule has 3 heteroatoms. The molecule has 0 fully saturated rings. The molecular weight excluding hydrogens is 301 g/mol. The van der Waals surface area contributed by atoms with Crippen molar-refractivity contribution in [3.63, 3.8) is 0 Å². The lowest BCUT2D eigenvalue weighted by molar-refractivity contribution is 0.482. The van der Waals surface area contributed by atoms with Gasteiger partial charge in [-0.3, -0.25) is 0 Å². The van der Waals surface area contributed by atoms with Crippen LogP contribution in [0.15, 0.2) is 48.5 Å². The molecule has 0 aliphatic rings. The van der Waals surface area contributed by atoms with E-state index in [9.17, 15) is 0 Å². The summed E-state index contributed by atoms with van der Waals surface area (Å²) in [4.78, 5) is 0.